The SMILES string of the molecule is COC(=O)/C(=C\c1ccc([N+](=O)[O-])cc1)CS(=O)(=O)c1ccc(C)cc1. The van der Waals surface area contributed by atoms with Crippen LogP contribution in [0.15, 0.2) is 59.0 Å². The largest absolute Gasteiger partial charge is 0.466 e. The second-order valence-electron chi connectivity index (χ2n) is 5.58. The van der Waals surface area contributed by atoms with Crippen molar-refractivity contribution in [1.82, 2.24) is 0 Å². The van der Waals surface area contributed by atoms with Crippen molar-refractivity contribution in [2.75, 3.05) is 12.9 Å². The molecule has 0 N–H and O–H groups in total. The molecule has 2 rings (SSSR count). The van der Waals surface area contributed by atoms with E-state index in [1.54, 1.807) is 12.1 Å². The van der Waals surface area contributed by atoms with Crippen LogP contribution in [0.3, 0.4) is 0 Å². The van der Waals surface area contributed by atoms with Gasteiger partial charge in [0, 0.05) is 12.1 Å². The lowest BCUT2D eigenvalue weighted by molar-refractivity contribution is -0.384. The first-order valence-electron chi connectivity index (χ1n) is 7.56. The molecule has 0 atom stereocenters. The van der Waals surface area contributed by atoms with Gasteiger partial charge in [-0.1, -0.05) is 17.7 Å². The highest BCUT2D eigenvalue weighted by Gasteiger charge is 2.22. The number of carbonyl (C=O) groups excluding carboxylic acids is 1. The molecule has 0 saturated carbocycles. The van der Waals surface area contributed by atoms with E-state index in [4.69, 9.17) is 0 Å². The maximum absolute atomic E-state index is 12.6. The average Bonchev–Trinajstić information content (AvgIpc) is 2.61. The molecule has 0 aromatic heterocycles. The number of esters is 1. The third kappa shape index (κ3) is 4.76. The molecule has 26 heavy (non-hydrogen) atoms. The van der Waals surface area contributed by atoms with Crippen LogP contribution in [0.2, 0.25) is 0 Å². The van der Waals surface area contributed by atoms with E-state index in [9.17, 15) is 23.3 Å². The van der Waals surface area contributed by atoms with Crippen molar-refractivity contribution >= 4 is 27.6 Å². The number of benzene rings is 2. The normalized spacial score (nSPS) is 11.8. The van der Waals surface area contributed by atoms with Crippen LogP contribution >= 0.6 is 0 Å². The summed E-state index contributed by atoms with van der Waals surface area (Å²) in [5.74, 6) is -1.32. The summed E-state index contributed by atoms with van der Waals surface area (Å²) in [6, 6.07) is 11.7. The Labute approximate surface area is 151 Å². The molecular formula is C18H17NO6S. The van der Waals surface area contributed by atoms with E-state index in [2.05, 4.69) is 4.74 Å². The molecule has 8 heteroatoms. The van der Waals surface area contributed by atoms with Gasteiger partial charge in [-0.2, -0.15) is 0 Å². The van der Waals surface area contributed by atoms with E-state index in [-0.39, 0.29) is 16.2 Å². The Morgan fingerprint density at radius 2 is 1.69 bits per heavy atom. The van der Waals surface area contributed by atoms with Crippen LogP contribution in [-0.2, 0) is 19.4 Å². The van der Waals surface area contributed by atoms with E-state index in [1.807, 2.05) is 6.92 Å². The first-order chi connectivity index (χ1) is 12.2. The van der Waals surface area contributed by atoms with Crippen molar-refractivity contribution in [3.05, 3.63) is 75.3 Å². The van der Waals surface area contributed by atoms with Crippen LogP contribution < -0.4 is 0 Å². The van der Waals surface area contributed by atoms with Crippen molar-refractivity contribution in [3.8, 4) is 0 Å². The van der Waals surface area contributed by atoms with E-state index >= 15 is 0 Å². The average molecular weight is 375 g/mol. The molecule has 0 amide bonds. The Hall–Kier alpha value is -3.00. The Morgan fingerprint density at radius 1 is 1.12 bits per heavy atom. The summed E-state index contributed by atoms with van der Waals surface area (Å²) in [6.07, 6.45) is 1.35. The van der Waals surface area contributed by atoms with Gasteiger partial charge in [0.15, 0.2) is 9.84 Å². The second-order valence-corrected chi connectivity index (χ2v) is 7.57. The molecule has 136 valence electrons. The summed E-state index contributed by atoms with van der Waals surface area (Å²) < 4.78 is 29.8. The molecule has 0 aliphatic carbocycles. The molecule has 0 aliphatic rings. The minimum absolute atomic E-state index is 0.0677. The highest BCUT2D eigenvalue weighted by molar-refractivity contribution is 7.91. The Balaban J connectivity index is 2.36. The maximum atomic E-state index is 12.6. The fourth-order valence-electron chi connectivity index (χ4n) is 2.22. The first kappa shape index (κ1) is 19.3. The number of aryl methyl sites for hydroxylation is 1. The minimum Gasteiger partial charge on any atom is -0.466 e. The lowest BCUT2D eigenvalue weighted by Gasteiger charge is -2.08. The number of non-ortho nitro benzene ring substituents is 1. The quantitative estimate of drug-likeness (QED) is 0.333. The molecule has 2 aromatic rings. The van der Waals surface area contributed by atoms with Gasteiger partial charge < -0.3 is 4.74 Å². The van der Waals surface area contributed by atoms with Crippen molar-refractivity contribution in [3.63, 3.8) is 0 Å². The molecule has 7 nitrogen and oxygen atoms in total. The Bertz CT molecular complexity index is 944. The summed E-state index contributed by atoms with van der Waals surface area (Å²) in [6.45, 7) is 1.84. The molecule has 0 aliphatic heterocycles. The number of ether oxygens (including phenoxy) is 1. The standard InChI is InChI=1S/C18H17NO6S/c1-13-3-9-17(10-4-13)26(23,24)12-15(18(20)25-2)11-14-5-7-16(8-6-14)19(21)22/h3-11H,12H2,1-2H3/b15-11-. The Kier molecular flexibility index (Phi) is 5.89. The van der Waals surface area contributed by atoms with Gasteiger partial charge in [-0.15, -0.1) is 0 Å². The zero-order chi connectivity index (χ0) is 19.3. The number of rotatable bonds is 6. The molecule has 2 aromatic carbocycles. The second kappa shape index (κ2) is 7.92. The van der Waals surface area contributed by atoms with Gasteiger partial charge in [0.2, 0.25) is 0 Å². The van der Waals surface area contributed by atoms with Crippen LogP contribution in [0.4, 0.5) is 5.69 Å². The topological polar surface area (TPSA) is 104 Å². The number of sulfone groups is 1. The molecule has 0 heterocycles. The summed E-state index contributed by atoms with van der Waals surface area (Å²) in [4.78, 5) is 22.2. The van der Waals surface area contributed by atoms with Gasteiger partial charge in [-0.3, -0.25) is 10.1 Å². The van der Waals surface area contributed by atoms with E-state index in [0.29, 0.717) is 5.56 Å². The Morgan fingerprint density at radius 3 is 2.19 bits per heavy atom. The highest BCUT2D eigenvalue weighted by atomic mass is 32.2. The molecule has 0 radical (unpaired) electrons. The number of nitrogens with zero attached hydrogens (tertiary/aromatic N) is 1. The molecule has 0 unspecified atom stereocenters. The number of nitro groups is 1. The molecule has 0 spiro atoms. The van der Waals surface area contributed by atoms with Crippen LogP contribution in [0, 0.1) is 17.0 Å². The summed E-state index contributed by atoms with van der Waals surface area (Å²) >= 11 is 0. The zero-order valence-electron chi connectivity index (χ0n) is 14.2. The van der Waals surface area contributed by atoms with Gasteiger partial charge >= 0.3 is 5.97 Å². The lowest BCUT2D eigenvalue weighted by atomic mass is 10.1. The minimum atomic E-state index is -3.75. The maximum Gasteiger partial charge on any atom is 0.334 e. The molecule has 0 saturated heterocycles. The van der Waals surface area contributed by atoms with Crippen LogP contribution in [0.1, 0.15) is 11.1 Å². The summed E-state index contributed by atoms with van der Waals surface area (Å²) in [5.41, 5.74) is 1.20. The molecular weight excluding hydrogens is 358 g/mol. The third-order valence-corrected chi connectivity index (χ3v) is 5.30. The van der Waals surface area contributed by atoms with E-state index < -0.39 is 26.5 Å². The number of hydrogen-bond donors (Lipinski definition) is 0. The van der Waals surface area contributed by atoms with Crippen LogP contribution in [0.5, 0.6) is 0 Å². The lowest BCUT2D eigenvalue weighted by Crippen LogP contribution is -2.16. The highest BCUT2D eigenvalue weighted by Crippen LogP contribution is 2.19. The van der Waals surface area contributed by atoms with Gasteiger partial charge in [-0.05, 0) is 42.8 Å². The van der Waals surface area contributed by atoms with Crippen molar-refractivity contribution < 1.29 is 22.9 Å². The van der Waals surface area contributed by atoms with Crippen LogP contribution in [0.25, 0.3) is 6.08 Å². The summed E-state index contributed by atoms with van der Waals surface area (Å²) in [5, 5.41) is 10.7. The number of carbonyl (C=O) groups is 1. The predicted octanol–water partition coefficient (Wildman–Crippen LogP) is 2.93. The monoisotopic (exact) mass is 375 g/mol. The van der Waals surface area contributed by atoms with Gasteiger partial charge in [0.05, 0.1) is 28.3 Å². The van der Waals surface area contributed by atoms with Crippen molar-refractivity contribution in [2.45, 2.75) is 11.8 Å². The van der Waals surface area contributed by atoms with Gasteiger partial charge in [-0.25, -0.2) is 13.2 Å². The van der Waals surface area contributed by atoms with Crippen molar-refractivity contribution in [2.24, 2.45) is 0 Å². The third-order valence-electron chi connectivity index (χ3n) is 3.62. The number of methoxy groups -OCH3 is 1. The van der Waals surface area contributed by atoms with Gasteiger partial charge in [0.1, 0.15) is 0 Å². The first-order valence-corrected chi connectivity index (χ1v) is 9.21. The molecule has 0 bridgehead atoms. The van der Waals surface area contributed by atoms with E-state index in [1.165, 1.54) is 42.5 Å². The van der Waals surface area contributed by atoms with Crippen molar-refractivity contribution in [1.29, 1.82) is 0 Å². The van der Waals surface area contributed by atoms with E-state index in [0.717, 1.165) is 12.7 Å². The fraction of sp³-hybridized carbons (Fsp3) is 0.167. The fourth-order valence-corrected chi connectivity index (χ4v) is 3.55. The van der Waals surface area contributed by atoms with Gasteiger partial charge in [0.25, 0.3) is 5.69 Å². The van der Waals surface area contributed by atoms with Crippen LogP contribution in [-0.4, -0.2) is 32.2 Å². The zero-order valence-corrected chi connectivity index (χ0v) is 15.0. The number of hydrogen-bond acceptors (Lipinski definition) is 6. The summed E-state index contributed by atoms with van der Waals surface area (Å²) in [7, 11) is -2.59. The predicted molar refractivity (Wildman–Crippen MR) is 96.3 cm³/mol. The molecule has 0 fully saturated rings. The smallest absolute Gasteiger partial charge is 0.334 e. The number of nitro benzene ring substituents is 1.